The van der Waals surface area contributed by atoms with Gasteiger partial charge in [0.25, 0.3) is 0 Å². The number of likely N-dealkylation sites (N-methyl/N-ethyl adjacent to an activating group) is 1. The fraction of sp³-hybridized carbons (Fsp3) is 0.280. The van der Waals surface area contributed by atoms with Gasteiger partial charge in [0.1, 0.15) is 0 Å². The van der Waals surface area contributed by atoms with Gasteiger partial charge in [0.05, 0.1) is 0 Å². The first-order valence-corrected chi connectivity index (χ1v) is 9.44. The fourth-order valence-electron chi connectivity index (χ4n) is 2.48. The van der Waals surface area contributed by atoms with Crippen molar-refractivity contribution in [2.75, 3.05) is 13.6 Å². The normalized spacial score (nSPS) is 13.6. The summed E-state index contributed by atoms with van der Waals surface area (Å²) in [6.45, 7) is 23.1. The van der Waals surface area contributed by atoms with Crippen LogP contribution in [0.4, 0.5) is 0 Å². The van der Waals surface area contributed by atoms with E-state index < -0.39 is 0 Å². The van der Waals surface area contributed by atoms with E-state index in [1.807, 2.05) is 45.2 Å². The lowest BCUT2D eigenvalue weighted by Gasteiger charge is -2.24. The molecule has 2 heteroatoms. The van der Waals surface area contributed by atoms with Crippen molar-refractivity contribution in [3.8, 4) is 0 Å². The molecule has 0 saturated carbocycles. The highest BCUT2D eigenvalue weighted by molar-refractivity contribution is 6.31. The zero-order chi connectivity index (χ0) is 21.0. The fourth-order valence-corrected chi connectivity index (χ4v) is 2.54. The standard InChI is InChI=1S/C25H34ClN/c1-10-13-25(27(9)18-20(6)14-15-24(26)12-3)22(8)17-21(7)23(11-2)16-19(4)5/h10-17H,1,6,8,18H2,2-5,7,9H3/b15-14-,21-17-,23-11-,24-12+,25-13-. The summed E-state index contributed by atoms with van der Waals surface area (Å²) in [4.78, 5) is 2.11. The van der Waals surface area contributed by atoms with E-state index in [2.05, 4.69) is 63.6 Å². The second kappa shape index (κ2) is 13.0. The molecule has 0 aromatic heterocycles. The minimum Gasteiger partial charge on any atom is -0.370 e. The summed E-state index contributed by atoms with van der Waals surface area (Å²) < 4.78 is 0. The summed E-state index contributed by atoms with van der Waals surface area (Å²) in [5.41, 5.74) is 6.53. The SMILES string of the molecule is C=C/C=C(/C(=C)/C=C(C)\C(C=C(C)C)=C/C)N(C)CC(=C)/C=C\C(Cl)=C/C. The number of allylic oxidation sites excluding steroid dienone is 11. The van der Waals surface area contributed by atoms with Gasteiger partial charge < -0.3 is 4.90 Å². The first-order chi connectivity index (χ1) is 12.7. The predicted octanol–water partition coefficient (Wildman–Crippen LogP) is 7.66. The van der Waals surface area contributed by atoms with Crippen LogP contribution in [-0.4, -0.2) is 18.5 Å². The van der Waals surface area contributed by atoms with Crippen LogP contribution in [-0.2, 0) is 0 Å². The Labute approximate surface area is 171 Å². The molecular weight excluding hydrogens is 350 g/mol. The van der Waals surface area contributed by atoms with Gasteiger partial charge in [-0.05, 0) is 75.1 Å². The Bertz CT molecular complexity index is 732. The molecule has 0 aliphatic carbocycles. The molecule has 0 aliphatic rings. The molecule has 0 heterocycles. The van der Waals surface area contributed by atoms with Gasteiger partial charge in [-0.2, -0.15) is 0 Å². The van der Waals surface area contributed by atoms with Crippen molar-refractivity contribution in [2.24, 2.45) is 0 Å². The summed E-state index contributed by atoms with van der Waals surface area (Å²) >= 11 is 6.01. The minimum atomic E-state index is 0.667. The summed E-state index contributed by atoms with van der Waals surface area (Å²) in [5.74, 6) is 0. The first-order valence-electron chi connectivity index (χ1n) is 9.06. The molecule has 0 bridgehead atoms. The first kappa shape index (κ1) is 24.8. The molecule has 0 amide bonds. The maximum absolute atomic E-state index is 6.01. The number of rotatable bonds is 10. The highest BCUT2D eigenvalue weighted by Crippen LogP contribution is 2.21. The number of nitrogens with zero attached hydrogens (tertiary/aromatic N) is 1. The molecule has 0 radical (unpaired) electrons. The van der Waals surface area contributed by atoms with Crippen molar-refractivity contribution >= 4 is 11.6 Å². The molecule has 27 heavy (non-hydrogen) atoms. The Morgan fingerprint density at radius 1 is 1.00 bits per heavy atom. The molecule has 0 saturated heterocycles. The molecule has 0 atom stereocenters. The molecule has 146 valence electrons. The smallest absolute Gasteiger partial charge is 0.0434 e. The van der Waals surface area contributed by atoms with Crippen LogP contribution in [0.15, 0.2) is 107 Å². The Morgan fingerprint density at radius 2 is 1.63 bits per heavy atom. The molecule has 0 spiro atoms. The Balaban J connectivity index is 5.46. The minimum absolute atomic E-state index is 0.667. The van der Waals surface area contributed by atoms with Crippen molar-refractivity contribution in [3.05, 3.63) is 107 Å². The third-order valence-corrected chi connectivity index (χ3v) is 4.16. The van der Waals surface area contributed by atoms with Gasteiger partial charge >= 0.3 is 0 Å². The van der Waals surface area contributed by atoms with Crippen LogP contribution in [0.2, 0.25) is 0 Å². The average molecular weight is 384 g/mol. The molecule has 0 aliphatic heterocycles. The van der Waals surface area contributed by atoms with E-state index >= 15 is 0 Å². The third kappa shape index (κ3) is 9.86. The number of hydrogen-bond acceptors (Lipinski definition) is 1. The third-order valence-electron chi connectivity index (χ3n) is 3.81. The van der Waals surface area contributed by atoms with E-state index in [-0.39, 0.29) is 0 Å². The maximum atomic E-state index is 6.01. The molecule has 0 N–H and O–H groups in total. The summed E-state index contributed by atoms with van der Waals surface area (Å²) in [7, 11) is 2.02. The van der Waals surface area contributed by atoms with Gasteiger partial charge in [-0.25, -0.2) is 0 Å². The number of halogens is 1. The zero-order valence-corrected chi connectivity index (χ0v) is 18.5. The van der Waals surface area contributed by atoms with Crippen LogP contribution in [0, 0.1) is 0 Å². The molecule has 0 rings (SSSR count). The van der Waals surface area contributed by atoms with Gasteiger partial charge in [-0.3, -0.25) is 0 Å². The molecule has 0 unspecified atom stereocenters. The molecule has 0 aromatic carbocycles. The lowest BCUT2D eigenvalue weighted by Crippen LogP contribution is -2.20. The highest BCUT2D eigenvalue weighted by atomic mass is 35.5. The van der Waals surface area contributed by atoms with Crippen molar-refractivity contribution < 1.29 is 0 Å². The summed E-state index contributed by atoms with van der Waals surface area (Å²) in [6.07, 6.45) is 15.8. The van der Waals surface area contributed by atoms with Gasteiger partial charge in [-0.15, -0.1) is 0 Å². The predicted molar refractivity (Wildman–Crippen MR) is 125 cm³/mol. The lowest BCUT2D eigenvalue weighted by atomic mass is 10.0. The summed E-state index contributed by atoms with van der Waals surface area (Å²) in [6, 6.07) is 0. The Kier molecular flexibility index (Phi) is 11.9. The van der Waals surface area contributed by atoms with E-state index in [0.29, 0.717) is 11.6 Å². The van der Waals surface area contributed by atoms with E-state index in [0.717, 1.165) is 16.8 Å². The van der Waals surface area contributed by atoms with Crippen molar-refractivity contribution in [1.29, 1.82) is 0 Å². The molecule has 1 nitrogen and oxygen atoms in total. The van der Waals surface area contributed by atoms with E-state index in [1.54, 1.807) is 6.08 Å². The van der Waals surface area contributed by atoms with Gasteiger partial charge in [0.2, 0.25) is 0 Å². The van der Waals surface area contributed by atoms with Crippen molar-refractivity contribution in [1.82, 2.24) is 4.90 Å². The Morgan fingerprint density at radius 3 is 2.11 bits per heavy atom. The van der Waals surface area contributed by atoms with Gasteiger partial charge in [0.15, 0.2) is 0 Å². The van der Waals surface area contributed by atoms with E-state index in [1.165, 1.54) is 16.7 Å². The van der Waals surface area contributed by atoms with E-state index in [4.69, 9.17) is 11.6 Å². The largest absolute Gasteiger partial charge is 0.370 e. The van der Waals surface area contributed by atoms with Crippen LogP contribution in [0.5, 0.6) is 0 Å². The maximum Gasteiger partial charge on any atom is 0.0434 e. The zero-order valence-electron chi connectivity index (χ0n) is 17.8. The van der Waals surface area contributed by atoms with Crippen molar-refractivity contribution in [3.63, 3.8) is 0 Å². The number of hydrogen-bond donors (Lipinski definition) is 0. The van der Waals surface area contributed by atoms with Crippen LogP contribution < -0.4 is 0 Å². The van der Waals surface area contributed by atoms with Crippen LogP contribution in [0.1, 0.15) is 34.6 Å². The highest BCUT2D eigenvalue weighted by Gasteiger charge is 2.08. The topological polar surface area (TPSA) is 3.24 Å². The Hall–Kier alpha value is -2.25. The van der Waals surface area contributed by atoms with Crippen LogP contribution in [0.25, 0.3) is 0 Å². The second-order valence-corrected chi connectivity index (χ2v) is 7.06. The average Bonchev–Trinajstić information content (AvgIpc) is 2.61. The lowest BCUT2D eigenvalue weighted by molar-refractivity contribution is 0.468. The second-order valence-electron chi connectivity index (χ2n) is 6.63. The molecule has 0 fully saturated rings. The van der Waals surface area contributed by atoms with Crippen molar-refractivity contribution in [2.45, 2.75) is 34.6 Å². The van der Waals surface area contributed by atoms with Gasteiger partial charge in [-0.1, -0.05) is 67.3 Å². The molecular formula is C25H34ClN. The van der Waals surface area contributed by atoms with E-state index in [9.17, 15) is 0 Å². The van der Waals surface area contributed by atoms with Crippen LogP contribution in [0.3, 0.4) is 0 Å². The van der Waals surface area contributed by atoms with Crippen LogP contribution >= 0.6 is 11.6 Å². The molecule has 0 aromatic rings. The summed E-state index contributed by atoms with van der Waals surface area (Å²) in [5, 5.41) is 0.696. The quantitative estimate of drug-likeness (QED) is 0.350. The van der Waals surface area contributed by atoms with Gasteiger partial charge in [0, 0.05) is 24.3 Å². The monoisotopic (exact) mass is 383 g/mol.